The first-order valence-electron chi connectivity index (χ1n) is 8.37. The van der Waals surface area contributed by atoms with Crippen molar-refractivity contribution in [3.8, 4) is 0 Å². The molecule has 1 atom stereocenters. The smallest absolute Gasteiger partial charge is 0.282 e. The van der Waals surface area contributed by atoms with E-state index in [0.29, 0.717) is 0 Å². The van der Waals surface area contributed by atoms with Crippen molar-refractivity contribution in [1.29, 1.82) is 0 Å². The molecular weight excluding hydrogens is 308 g/mol. The second kappa shape index (κ2) is 6.56. The molecule has 0 bridgehead atoms. The summed E-state index contributed by atoms with van der Waals surface area (Å²) in [6, 6.07) is 6.72. The molecule has 1 unspecified atom stereocenters. The Morgan fingerprint density at radius 3 is 1.74 bits per heavy atom. The topological polar surface area (TPSA) is 54.4 Å². The Hall–Kier alpha value is -0.870. The minimum atomic E-state index is -4.15. The fourth-order valence-electron chi connectivity index (χ4n) is 3.20. The summed E-state index contributed by atoms with van der Waals surface area (Å²) < 4.78 is 31.7. The highest BCUT2D eigenvalue weighted by atomic mass is 32.2. The molecule has 0 spiro atoms. The molecule has 0 aliphatic rings. The Morgan fingerprint density at radius 1 is 0.913 bits per heavy atom. The molecule has 1 rings (SSSR count). The van der Waals surface area contributed by atoms with Gasteiger partial charge < -0.3 is 0 Å². The van der Waals surface area contributed by atoms with Crippen LogP contribution in [0.15, 0.2) is 29.2 Å². The minimum absolute atomic E-state index is 0.0485. The van der Waals surface area contributed by atoms with Crippen LogP contribution in [0.5, 0.6) is 0 Å². The van der Waals surface area contributed by atoms with E-state index in [4.69, 9.17) is 0 Å². The van der Waals surface area contributed by atoms with Crippen molar-refractivity contribution in [3.63, 3.8) is 0 Å². The van der Waals surface area contributed by atoms with Crippen LogP contribution in [0.1, 0.15) is 73.3 Å². The molecule has 132 valence electrons. The largest absolute Gasteiger partial charge is 0.294 e. The number of hydrogen-bond donors (Lipinski definition) is 1. The number of benzene rings is 1. The average molecular weight is 341 g/mol. The normalized spacial score (nSPS) is 16.2. The molecule has 23 heavy (non-hydrogen) atoms. The van der Waals surface area contributed by atoms with Gasteiger partial charge in [0.05, 0.1) is 4.90 Å². The Morgan fingerprint density at radius 2 is 1.39 bits per heavy atom. The van der Waals surface area contributed by atoms with E-state index >= 15 is 0 Å². The molecule has 4 heteroatoms. The first-order valence-corrected chi connectivity index (χ1v) is 9.81. The standard InChI is InChI=1S/C19H32O3S/c1-8-17(3,4)14-19(7,18(5,6)9-2)15-10-12-16(13-11-15)23(20,21)22/h10-13H,8-9,14H2,1-7H3,(H,20,21,22). The van der Waals surface area contributed by atoms with Crippen LogP contribution in [-0.4, -0.2) is 13.0 Å². The van der Waals surface area contributed by atoms with Crippen LogP contribution in [0.25, 0.3) is 0 Å². The van der Waals surface area contributed by atoms with E-state index in [2.05, 4.69) is 48.5 Å². The molecule has 0 radical (unpaired) electrons. The summed E-state index contributed by atoms with van der Waals surface area (Å²) >= 11 is 0. The van der Waals surface area contributed by atoms with E-state index in [9.17, 15) is 13.0 Å². The van der Waals surface area contributed by atoms with Crippen LogP contribution in [0, 0.1) is 10.8 Å². The van der Waals surface area contributed by atoms with Crippen molar-refractivity contribution in [2.75, 3.05) is 0 Å². The quantitative estimate of drug-likeness (QED) is 0.671. The molecule has 1 aromatic rings. The SMILES string of the molecule is CCC(C)(C)CC(C)(c1ccc(S(=O)(=O)O)cc1)C(C)(C)CC. The van der Waals surface area contributed by atoms with E-state index in [1.54, 1.807) is 0 Å². The summed E-state index contributed by atoms with van der Waals surface area (Å²) in [7, 11) is -4.15. The van der Waals surface area contributed by atoms with Crippen LogP contribution >= 0.6 is 0 Å². The molecule has 0 saturated carbocycles. The monoisotopic (exact) mass is 340 g/mol. The minimum Gasteiger partial charge on any atom is -0.282 e. The summed E-state index contributed by atoms with van der Waals surface area (Å²) in [5.74, 6) is 0. The van der Waals surface area contributed by atoms with E-state index in [-0.39, 0.29) is 21.1 Å². The first-order chi connectivity index (χ1) is 10.3. The Labute approximate surface area is 142 Å². The second-order valence-corrected chi connectivity index (χ2v) is 9.69. The summed E-state index contributed by atoms with van der Waals surface area (Å²) in [5.41, 5.74) is 1.30. The number of rotatable bonds is 7. The lowest BCUT2D eigenvalue weighted by Crippen LogP contribution is -2.42. The summed E-state index contributed by atoms with van der Waals surface area (Å²) in [4.78, 5) is -0.0485. The van der Waals surface area contributed by atoms with Crippen molar-refractivity contribution >= 4 is 10.1 Å². The average Bonchev–Trinajstić information content (AvgIpc) is 2.45. The maximum Gasteiger partial charge on any atom is 0.294 e. The molecule has 0 saturated heterocycles. The van der Waals surface area contributed by atoms with Crippen molar-refractivity contribution in [3.05, 3.63) is 29.8 Å². The summed E-state index contributed by atoms with van der Waals surface area (Å²) in [6.45, 7) is 15.8. The predicted molar refractivity (Wildman–Crippen MR) is 96.4 cm³/mol. The van der Waals surface area contributed by atoms with Gasteiger partial charge in [-0.1, -0.05) is 73.4 Å². The molecule has 0 aliphatic heterocycles. The van der Waals surface area contributed by atoms with Gasteiger partial charge in [0, 0.05) is 0 Å². The number of hydrogen-bond acceptors (Lipinski definition) is 2. The molecule has 0 aromatic heterocycles. The molecule has 0 aliphatic carbocycles. The Bertz CT molecular complexity index is 627. The van der Waals surface area contributed by atoms with Gasteiger partial charge in [-0.15, -0.1) is 0 Å². The molecule has 1 N–H and O–H groups in total. The van der Waals surface area contributed by atoms with Gasteiger partial charge in [0.1, 0.15) is 0 Å². The van der Waals surface area contributed by atoms with Crippen molar-refractivity contribution in [2.45, 2.75) is 78.0 Å². The van der Waals surface area contributed by atoms with Gasteiger partial charge >= 0.3 is 0 Å². The van der Waals surface area contributed by atoms with Crippen molar-refractivity contribution in [2.24, 2.45) is 10.8 Å². The Balaban J connectivity index is 3.41. The predicted octanol–water partition coefficient (Wildman–Crippen LogP) is 5.45. The van der Waals surface area contributed by atoms with E-state index < -0.39 is 10.1 Å². The summed E-state index contributed by atoms with van der Waals surface area (Å²) in [6.07, 6.45) is 3.14. The van der Waals surface area contributed by atoms with E-state index in [1.165, 1.54) is 12.1 Å². The molecule has 3 nitrogen and oxygen atoms in total. The lowest BCUT2D eigenvalue weighted by Gasteiger charge is -2.48. The maximum atomic E-state index is 11.3. The lowest BCUT2D eigenvalue weighted by molar-refractivity contribution is 0.103. The fourth-order valence-corrected chi connectivity index (χ4v) is 3.68. The highest BCUT2D eigenvalue weighted by Gasteiger charge is 2.44. The van der Waals surface area contributed by atoms with Crippen LogP contribution in [0.4, 0.5) is 0 Å². The highest BCUT2D eigenvalue weighted by Crippen LogP contribution is 2.51. The van der Waals surface area contributed by atoms with Crippen LogP contribution in [0.3, 0.4) is 0 Å². The van der Waals surface area contributed by atoms with Crippen LogP contribution in [-0.2, 0) is 15.5 Å². The lowest BCUT2D eigenvalue weighted by atomic mass is 9.56. The van der Waals surface area contributed by atoms with Gasteiger partial charge in [-0.05, 0) is 40.4 Å². The van der Waals surface area contributed by atoms with Crippen LogP contribution in [0.2, 0.25) is 0 Å². The fraction of sp³-hybridized carbons (Fsp3) is 0.684. The van der Waals surface area contributed by atoms with Gasteiger partial charge in [-0.2, -0.15) is 8.42 Å². The third-order valence-corrected chi connectivity index (χ3v) is 6.82. The second-order valence-electron chi connectivity index (χ2n) is 8.26. The van der Waals surface area contributed by atoms with Crippen molar-refractivity contribution in [1.82, 2.24) is 0 Å². The third-order valence-electron chi connectivity index (χ3n) is 5.96. The van der Waals surface area contributed by atoms with Gasteiger partial charge in [0.15, 0.2) is 0 Å². The highest BCUT2D eigenvalue weighted by molar-refractivity contribution is 7.85. The zero-order valence-corrected chi connectivity index (χ0v) is 16.4. The van der Waals surface area contributed by atoms with Gasteiger partial charge in [-0.25, -0.2) is 0 Å². The summed E-state index contributed by atoms with van der Waals surface area (Å²) in [5, 5.41) is 0. The van der Waals surface area contributed by atoms with E-state index in [1.807, 2.05) is 12.1 Å². The van der Waals surface area contributed by atoms with E-state index in [0.717, 1.165) is 24.8 Å². The molecule has 1 aromatic carbocycles. The van der Waals surface area contributed by atoms with Gasteiger partial charge in [0.25, 0.3) is 10.1 Å². The molecule has 0 fully saturated rings. The van der Waals surface area contributed by atoms with Crippen molar-refractivity contribution < 1.29 is 13.0 Å². The third kappa shape index (κ3) is 4.36. The molecular formula is C19H32O3S. The van der Waals surface area contributed by atoms with Gasteiger partial charge in [0.2, 0.25) is 0 Å². The molecule has 0 amide bonds. The molecule has 0 heterocycles. The zero-order valence-electron chi connectivity index (χ0n) is 15.6. The maximum absolute atomic E-state index is 11.3. The van der Waals surface area contributed by atoms with Gasteiger partial charge in [-0.3, -0.25) is 4.55 Å². The Kier molecular flexibility index (Phi) is 5.75. The first kappa shape index (κ1) is 20.2. The zero-order chi connectivity index (χ0) is 18.1. The van der Waals surface area contributed by atoms with Crippen LogP contribution < -0.4 is 0 Å².